The number of amides is 1. The molecule has 1 aromatic carbocycles. The smallest absolute Gasteiger partial charge is 0.241 e. The van der Waals surface area contributed by atoms with E-state index in [1.54, 1.807) is 12.1 Å². The topological polar surface area (TPSA) is 60.9 Å². The van der Waals surface area contributed by atoms with E-state index in [1.807, 2.05) is 11.1 Å². The van der Waals surface area contributed by atoms with Gasteiger partial charge in [-0.1, -0.05) is 32.9 Å². The molecule has 5 atom stereocenters. The van der Waals surface area contributed by atoms with Gasteiger partial charge in [-0.25, -0.2) is 4.39 Å². The van der Waals surface area contributed by atoms with Gasteiger partial charge in [0.15, 0.2) is 0 Å². The summed E-state index contributed by atoms with van der Waals surface area (Å²) in [7, 11) is 0. The number of benzene rings is 1. The average molecular weight is 522 g/mol. The van der Waals surface area contributed by atoms with Crippen molar-refractivity contribution in [1.29, 1.82) is 0 Å². The summed E-state index contributed by atoms with van der Waals surface area (Å²) in [6.45, 7) is 14.4. The van der Waals surface area contributed by atoms with E-state index in [0.29, 0.717) is 49.7 Å². The molecule has 1 N–H and O–H groups in total. The molecule has 0 aliphatic carbocycles. The van der Waals surface area contributed by atoms with E-state index in [4.69, 9.17) is 9.72 Å². The van der Waals surface area contributed by atoms with Crippen LogP contribution in [0.5, 0.6) is 0 Å². The number of ether oxygens (including phenoxy) is 1. The van der Waals surface area contributed by atoms with E-state index in [-0.39, 0.29) is 17.1 Å². The zero-order valence-corrected chi connectivity index (χ0v) is 23.0. The monoisotopic (exact) mass is 521 g/mol. The minimum Gasteiger partial charge on any atom is -0.375 e. The van der Waals surface area contributed by atoms with Crippen LogP contribution in [0.4, 0.5) is 10.1 Å². The molecule has 1 amide bonds. The van der Waals surface area contributed by atoms with Crippen LogP contribution in [0.15, 0.2) is 36.5 Å². The van der Waals surface area contributed by atoms with Crippen molar-refractivity contribution in [3.05, 3.63) is 59.2 Å². The molecule has 8 heteroatoms. The number of fused-ring (bicyclic) bond motifs is 3. The number of nitrogens with zero attached hydrogens (tertiary/aromatic N) is 4. The molecule has 4 aliphatic heterocycles. The van der Waals surface area contributed by atoms with E-state index in [2.05, 4.69) is 48.9 Å². The largest absolute Gasteiger partial charge is 0.375 e. The minimum absolute atomic E-state index is 0.135. The zero-order chi connectivity index (χ0) is 26.6. The molecule has 0 radical (unpaired) electrons. The van der Waals surface area contributed by atoms with Crippen LogP contribution in [-0.4, -0.2) is 90.8 Å². The summed E-state index contributed by atoms with van der Waals surface area (Å²) in [5, 5.41) is 3.64. The van der Waals surface area contributed by atoms with E-state index in [0.717, 1.165) is 55.3 Å². The normalized spacial score (nSPS) is 30.7. The predicted molar refractivity (Wildman–Crippen MR) is 146 cm³/mol. The summed E-state index contributed by atoms with van der Waals surface area (Å²) in [5.74, 6) is 0.483. The van der Waals surface area contributed by atoms with Crippen LogP contribution in [0.2, 0.25) is 0 Å². The van der Waals surface area contributed by atoms with Gasteiger partial charge in [0.1, 0.15) is 5.82 Å². The third kappa shape index (κ3) is 4.88. The van der Waals surface area contributed by atoms with Crippen LogP contribution in [-0.2, 0) is 21.4 Å². The van der Waals surface area contributed by atoms with Crippen molar-refractivity contribution in [3.63, 3.8) is 0 Å². The molecule has 1 aromatic heterocycles. The number of morpholine rings is 1. The van der Waals surface area contributed by atoms with Crippen LogP contribution in [0.3, 0.4) is 0 Å². The van der Waals surface area contributed by atoms with Crippen LogP contribution in [0.1, 0.15) is 44.5 Å². The van der Waals surface area contributed by atoms with Crippen LogP contribution in [0, 0.1) is 11.7 Å². The van der Waals surface area contributed by atoms with Crippen molar-refractivity contribution in [3.8, 4) is 0 Å². The Morgan fingerprint density at radius 2 is 1.95 bits per heavy atom. The van der Waals surface area contributed by atoms with E-state index in [1.165, 1.54) is 12.1 Å². The Kier molecular flexibility index (Phi) is 6.79. The fourth-order valence-electron chi connectivity index (χ4n) is 6.88. The number of halogens is 1. The van der Waals surface area contributed by atoms with Gasteiger partial charge in [0.2, 0.25) is 5.91 Å². The fraction of sp³-hybridized carbons (Fsp3) is 0.600. The Labute approximate surface area is 225 Å². The van der Waals surface area contributed by atoms with Crippen molar-refractivity contribution >= 4 is 11.6 Å². The van der Waals surface area contributed by atoms with E-state index >= 15 is 0 Å². The second-order valence-corrected chi connectivity index (χ2v) is 12.5. The molecule has 5 heterocycles. The number of aromatic nitrogens is 1. The fourth-order valence-corrected chi connectivity index (χ4v) is 6.88. The maximum Gasteiger partial charge on any atom is 0.241 e. The quantitative estimate of drug-likeness (QED) is 0.631. The molecule has 2 bridgehead atoms. The first-order valence-corrected chi connectivity index (χ1v) is 14.1. The molecule has 204 valence electrons. The number of hydrogen-bond acceptors (Lipinski definition) is 6. The van der Waals surface area contributed by atoms with Crippen LogP contribution in [0.25, 0.3) is 0 Å². The number of carbonyl (C=O) groups is 1. The summed E-state index contributed by atoms with van der Waals surface area (Å²) in [4.78, 5) is 25.6. The number of nitrogens with one attached hydrogen (secondary N) is 1. The molecule has 2 aromatic rings. The van der Waals surface area contributed by atoms with E-state index < -0.39 is 0 Å². The highest BCUT2D eigenvalue weighted by atomic mass is 19.1. The van der Waals surface area contributed by atoms with Gasteiger partial charge in [0, 0.05) is 68.4 Å². The SMILES string of the molecule is C[C@@H]1[C@H]2CO[C@@H]1CN2C[C@H]1CN[C@H](C)CN1CC(=O)N1CC(C)(C)c2ncc(Cc3ccc(F)cc3)cc21. The molecule has 0 saturated carbocycles. The zero-order valence-electron chi connectivity index (χ0n) is 23.0. The van der Waals surface area contributed by atoms with Crippen molar-refractivity contribution in [2.24, 2.45) is 5.92 Å². The maximum absolute atomic E-state index is 13.9. The lowest BCUT2D eigenvalue weighted by Crippen LogP contribution is -2.61. The number of likely N-dealkylation sites (tertiary alicyclic amines) is 1. The standard InChI is InChI=1S/C30H40FN5O2/c1-19-13-34(24(12-32-19)14-35-15-27-20(2)26(35)17-38-27)16-28(37)36-18-30(3,4)29-25(36)10-22(11-33-29)9-21-5-7-23(31)8-6-21/h5-8,10-11,19-20,24,26-27,32H,9,12-18H2,1-4H3/t19-,20-,24-,26-,27-/m1/s1. The van der Waals surface area contributed by atoms with E-state index in [9.17, 15) is 9.18 Å². The lowest BCUT2D eigenvalue weighted by molar-refractivity contribution is -0.121. The van der Waals surface area contributed by atoms with Crippen molar-refractivity contribution < 1.29 is 13.9 Å². The van der Waals surface area contributed by atoms with Crippen LogP contribution < -0.4 is 10.2 Å². The molecule has 38 heavy (non-hydrogen) atoms. The number of hydrogen-bond donors (Lipinski definition) is 1. The van der Waals surface area contributed by atoms with Crippen molar-refractivity contribution in [2.75, 3.05) is 50.8 Å². The first-order chi connectivity index (χ1) is 18.2. The molecular formula is C30H40FN5O2. The van der Waals surface area contributed by atoms with Crippen LogP contribution >= 0.6 is 0 Å². The second-order valence-electron chi connectivity index (χ2n) is 12.5. The van der Waals surface area contributed by atoms with Gasteiger partial charge in [-0.15, -0.1) is 0 Å². The third-order valence-corrected chi connectivity index (χ3v) is 9.10. The Bertz CT molecular complexity index is 1190. The summed E-state index contributed by atoms with van der Waals surface area (Å²) in [5.41, 5.74) is 3.74. The predicted octanol–water partition coefficient (Wildman–Crippen LogP) is 2.82. The first-order valence-electron chi connectivity index (χ1n) is 14.1. The molecule has 0 unspecified atom stereocenters. The summed E-state index contributed by atoms with van der Waals surface area (Å²) in [6, 6.07) is 9.83. The Hall–Kier alpha value is -2.39. The summed E-state index contributed by atoms with van der Waals surface area (Å²) in [6.07, 6.45) is 2.91. The van der Waals surface area contributed by atoms with Gasteiger partial charge in [-0.05, 0) is 42.7 Å². The molecule has 0 spiro atoms. The third-order valence-electron chi connectivity index (χ3n) is 9.10. The summed E-state index contributed by atoms with van der Waals surface area (Å²) < 4.78 is 19.3. The first kappa shape index (κ1) is 25.9. The lowest BCUT2D eigenvalue weighted by Gasteiger charge is -2.42. The van der Waals surface area contributed by atoms with Gasteiger partial charge in [-0.2, -0.15) is 0 Å². The highest BCUT2D eigenvalue weighted by molar-refractivity contribution is 5.97. The average Bonchev–Trinajstić information content (AvgIpc) is 3.48. The molecule has 6 rings (SSSR count). The van der Waals surface area contributed by atoms with Gasteiger partial charge < -0.3 is 15.0 Å². The Balaban J connectivity index is 1.18. The minimum atomic E-state index is -0.236. The number of piperazine rings is 1. The molecule has 4 aliphatic rings. The maximum atomic E-state index is 13.9. The van der Waals surface area contributed by atoms with Gasteiger partial charge in [-0.3, -0.25) is 19.6 Å². The van der Waals surface area contributed by atoms with Crippen molar-refractivity contribution in [1.82, 2.24) is 20.1 Å². The van der Waals surface area contributed by atoms with Gasteiger partial charge in [0.25, 0.3) is 0 Å². The lowest BCUT2D eigenvalue weighted by atomic mass is 9.91. The summed E-state index contributed by atoms with van der Waals surface area (Å²) >= 11 is 0. The number of anilines is 1. The second kappa shape index (κ2) is 9.97. The highest BCUT2D eigenvalue weighted by Crippen LogP contribution is 2.40. The van der Waals surface area contributed by atoms with Crippen molar-refractivity contribution in [2.45, 2.75) is 63.8 Å². The molecule has 7 nitrogen and oxygen atoms in total. The Morgan fingerprint density at radius 3 is 2.66 bits per heavy atom. The number of carbonyl (C=O) groups excluding carboxylic acids is 1. The number of pyridine rings is 1. The molecular weight excluding hydrogens is 481 g/mol. The number of rotatable bonds is 6. The van der Waals surface area contributed by atoms with Gasteiger partial charge in [0.05, 0.1) is 30.6 Å². The molecule has 3 fully saturated rings. The molecule has 3 saturated heterocycles. The van der Waals surface area contributed by atoms with Gasteiger partial charge >= 0.3 is 0 Å². The Morgan fingerprint density at radius 1 is 1.16 bits per heavy atom. The highest BCUT2D eigenvalue weighted by Gasteiger charge is 2.47.